The van der Waals surface area contributed by atoms with E-state index in [0.717, 1.165) is 12.1 Å². The molecule has 20 heavy (non-hydrogen) atoms. The average Bonchev–Trinajstić information content (AvgIpc) is 2.46. The molecule has 2 aromatic rings. The number of amides is 1. The highest BCUT2D eigenvalue weighted by Crippen LogP contribution is 2.13. The summed E-state index contributed by atoms with van der Waals surface area (Å²) >= 11 is 0. The van der Waals surface area contributed by atoms with Gasteiger partial charge in [-0.2, -0.15) is 0 Å². The van der Waals surface area contributed by atoms with E-state index in [2.05, 4.69) is 15.6 Å². The maximum absolute atomic E-state index is 13.4. The average molecular weight is 277 g/mol. The van der Waals surface area contributed by atoms with E-state index in [0.29, 0.717) is 11.3 Å². The van der Waals surface area contributed by atoms with Gasteiger partial charge in [0, 0.05) is 43.3 Å². The molecule has 0 aliphatic heterocycles. The van der Waals surface area contributed by atoms with Gasteiger partial charge in [-0.25, -0.2) is 8.78 Å². The standard InChI is InChI=1S/C14H13F2N3O/c1-17-13-4-5-18-8-11(13)14(20)19-7-9-2-3-10(15)6-12(9)16/h2-6,8H,7H2,1H3,(H,17,18)(H,19,20). The van der Waals surface area contributed by atoms with Crippen molar-refractivity contribution in [1.82, 2.24) is 10.3 Å². The molecule has 0 fully saturated rings. The molecule has 6 heteroatoms. The summed E-state index contributed by atoms with van der Waals surface area (Å²) in [4.78, 5) is 15.9. The molecule has 0 unspecified atom stereocenters. The van der Waals surface area contributed by atoms with Gasteiger partial charge in [0.2, 0.25) is 0 Å². The molecule has 0 aliphatic carbocycles. The predicted octanol–water partition coefficient (Wildman–Crippen LogP) is 2.33. The van der Waals surface area contributed by atoms with Gasteiger partial charge in [0.15, 0.2) is 0 Å². The van der Waals surface area contributed by atoms with Crippen molar-refractivity contribution in [3.63, 3.8) is 0 Å². The zero-order valence-corrected chi connectivity index (χ0v) is 10.8. The van der Waals surface area contributed by atoms with Crippen LogP contribution in [-0.4, -0.2) is 17.9 Å². The first-order valence-corrected chi connectivity index (χ1v) is 5.95. The van der Waals surface area contributed by atoms with Crippen molar-refractivity contribution in [2.75, 3.05) is 12.4 Å². The fourth-order valence-corrected chi connectivity index (χ4v) is 1.73. The Bertz CT molecular complexity index is 632. The van der Waals surface area contributed by atoms with Crippen LogP contribution in [0.15, 0.2) is 36.7 Å². The first-order chi connectivity index (χ1) is 9.61. The second-order valence-corrected chi connectivity index (χ2v) is 4.09. The lowest BCUT2D eigenvalue weighted by Gasteiger charge is -2.09. The van der Waals surface area contributed by atoms with E-state index in [9.17, 15) is 13.6 Å². The van der Waals surface area contributed by atoms with Crippen LogP contribution >= 0.6 is 0 Å². The molecular weight excluding hydrogens is 264 g/mol. The van der Waals surface area contributed by atoms with Crippen LogP contribution in [0.2, 0.25) is 0 Å². The predicted molar refractivity (Wildman–Crippen MR) is 71.3 cm³/mol. The number of pyridine rings is 1. The monoisotopic (exact) mass is 277 g/mol. The van der Waals surface area contributed by atoms with Crippen LogP contribution in [0.1, 0.15) is 15.9 Å². The normalized spacial score (nSPS) is 10.2. The SMILES string of the molecule is CNc1ccncc1C(=O)NCc1ccc(F)cc1F. The van der Waals surface area contributed by atoms with E-state index >= 15 is 0 Å². The maximum Gasteiger partial charge on any atom is 0.255 e. The quantitative estimate of drug-likeness (QED) is 0.902. The van der Waals surface area contributed by atoms with Crippen molar-refractivity contribution in [3.05, 3.63) is 59.4 Å². The smallest absolute Gasteiger partial charge is 0.255 e. The largest absolute Gasteiger partial charge is 0.387 e. The molecule has 104 valence electrons. The Balaban J connectivity index is 2.09. The third kappa shape index (κ3) is 3.09. The summed E-state index contributed by atoms with van der Waals surface area (Å²) in [5.74, 6) is -1.72. The van der Waals surface area contributed by atoms with Crippen molar-refractivity contribution in [2.45, 2.75) is 6.54 Å². The number of hydrogen-bond donors (Lipinski definition) is 2. The van der Waals surface area contributed by atoms with Gasteiger partial charge in [0.25, 0.3) is 5.91 Å². The zero-order chi connectivity index (χ0) is 14.5. The minimum atomic E-state index is -0.690. The van der Waals surface area contributed by atoms with Crippen LogP contribution in [0, 0.1) is 11.6 Å². The number of aromatic nitrogens is 1. The Morgan fingerprint density at radius 2 is 2.10 bits per heavy atom. The van der Waals surface area contributed by atoms with Crippen LogP contribution in [0.3, 0.4) is 0 Å². The van der Waals surface area contributed by atoms with E-state index < -0.39 is 11.6 Å². The molecular formula is C14H13F2N3O. The lowest BCUT2D eigenvalue weighted by molar-refractivity contribution is 0.0951. The number of anilines is 1. The number of rotatable bonds is 4. The number of halogens is 2. The minimum Gasteiger partial charge on any atom is -0.387 e. The van der Waals surface area contributed by atoms with Gasteiger partial charge >= 0.3 is 0 Å². The number of nitrogens with one attached hydrogen (secondary N) is 2. The number of hydrogen-bond acceptors (Lipinski definition) is 3. The Kier molecular flexibility index (Phi) is 4.24. The van der Waals surface area contributed by atoms with Gasteiger partial charge in [-0.1, -0.05) is 6.07 Å². The second-order valence-electron chi connectivity index (χ2n) is 4.09. The Hall–Kier alpha value is -2.50. The maximum atomic E-state index is 13.4. The highest BCUT2D eigenvalue weighted by Gasteiger charge is 2.11. The van der Waals surface area contributed by atoms with Gasteiger partial charge < -0.3 is 10.6 Å². The van der Waals surface area contributed by atoms with Crippen molar-refractivity contribution in [1.29, 1.82) is 0 Å². The molecule has 0 bridgehead atoms. The van der Waals surface area contributed by atoms with Crippen LogP contribution in [0.4, 0.5) is 14.5 Å². The third-order valence-corrected chi connectivity index (χ3v) is 2.79. The second kappa shape index (κ2) is 6.10. The highest BCUT2D eigenvalue weighted by molar-refractivity contribution is 5.99. The van der Waals surface area contributed by atoms with Gasteiger partial charge in [0.1, 0.15) is 11.6 Å². The van der Waals surface area contributed by atoms with E-state index in [-0.39, 0.29) is 18.0 Å². The summed E-state index contributed by atoms with van der Waals surface area (Å²) in [5.41, 5.74) is 1.20. The molecule has 0 saturated carbocycles. The van der Waals surface area contributed by atoms with Crippen molar-refractivity contribution < 1.29 is 13.6 Å². The molecule has 2 rings (SSSR count). The summed E-state index contributed by atoms with van der Waals surface area (Å²) in [5, 5.41) is 5.44. The Morgan fingerprint density at radius 3 is 2.80 bits per heavy atom. The molecule has 1 heterocycles. The van der Waals surface area contributed by atoms with E-state index in [1.165, 1.54) is 12.3 Å². The molecule has 4 nitrogen and oxygen atoms in total. The molecule has 1 aromatic carbocycles. The number of carbonyl (C=O) groups is 1. The topological polar surface area (TPSA) is 54.0 Å². The Labute approximate surface area is 114 Å². The molecule has 0 spiro atoms. The molecule has 1 amide bonds. The van der Waals surface area contributed by atoms with Crippen LogP contribution in [-0.2, 0) is 6.54 Å². The fourth-order valence-electron chi connectivity index (χ4n) is 1.73. The van der Waals surface area contributed by atoms with Crippen LogP contribution < -0.4 is 10.6 Å². The third-order valence-electron chi connectivity index (χ3n) is 2.79. The number of nitrogens with zero attached hydrogens (tertiary/aromatic N) is 1. The van der Waals surface area contributed by atoms with E-state index in [4.69, 9.17) is 0 Å². The summed E-state index contributed by atoms with van der Waals surface area (Å²) in [6, 6.07) is 4.89. The molecule has 2 N–H and O–H groups in total. The highest BCUT2D eigenvalue weighted by atomic mass is 19.1. The van der Waals surface area contributed by atoms with Crippen molar-refractivity contribution in [2.24, 2.45) is 0 Å². The van der Waals surface area contributed by atoms with Crippen LogP contribution in [0.5, 0.6) is 0 Å². The van der Waals surface area contributed by atoms with Gasteiger partial charge in [-0.15, -0.1) is 0 Å². The molecule has 0 aliphatic rings. The Morgan fingerprint density at radius 1 is 1.30 bits per heavy atom. The van der Waals surface area contributed by atoms with Gasteiger partial charge in [0.05, 0.1) is 5.56 Å². The molecule has 0 radical (unpaired) electrons. The summed E-state index contributed by atoms with van der Waals surface area (Å²) in [7, 11) is 1.69. The summed E-state index contributed by atoms with van der Waals surface area (Å²) in [6.45, 7) is -0.0248. The lowest BCUT2D eigenvalue weighted by Crippen LogP contribution is -2.24. The lowest BCUT2D eigenvalue weighted by atomic mass is 10.2. The molecule has 0 atom stereocenters. The molecule has 1 aromatic heterocycles. The number of carbonyl (C=O) groups excluding carboxylic acids is 1. The summed E-state index contributed by atoms with van der Waals surface area (Å²) < 4.78 is 26.2. The van der Waals surface area contributed by atoms with Gasteiger partial charge in [-0.05, 0) is 12.1 Å². The fraction of sp³-hybridized carbons (Fsp3) is 0.143. The van der Waals surface area contributed by atoms with Crippen molar-refractivity contribution in [3.8, 4) is 0 Å². The van der Waals surface area contributed by atoms with Crippen LogP contribution in [0.25, 0.3) is 0 Å². The number of benzene rings is 1. The first-order valence-electron chi connectivity index (χ1n) is 5.95. The zero-order valence-electron chi connectivity index (χ0n) is 10.8. The molecule has 0 saturated heterocycles. The first kappa shape index (κ1) is 13.9. The summed E-state index contributed by atoms with van der Waals surface area (Å²) in [6.07, 6.45) is 2.98. The van der Waals surface area contributed by atoms with E-state index in [1.807, 2.05) is 0 Å². The van der Waals surface area contributed by atoms with Crippen molar-refractivity contribution >= 4 is 11.6 Å². The minimum absolute atomic E-state index is 0.0248. The van der Waals surface area contributed by atoms with E-state index in [1.54, 1.807) is 19.3 Å². The van der Waals surface area contributed by atoms with Gasteiger partial charge in [-0.3, -0.25) is 9.78 Å².